The molecular weight excluding hydrogens is 897 g/mol. The lowest BCUT2D eigenvalue weighted by Gasteiger charge is -2.21. The number of methoxy groups -OCH3 is 1. The summed E-state index contributed by atoms with van der Waals surface area (Å²) >= 11 is 4.02. The van der Waals surface area contributed by atoms with Crippen LogP contribution in [0.3, 0.4) is 0 Å². The number of carbonyl (C=O) groups excluding carboxylic acids is 6. The van der Waals surface area contributed by atoms with Crippen LogP contribution in [-0.4, -0.2) is 163 Å². The molecule has 378 valence electrons. The van der Waals surface area contributed by atoms with Crippen molar-refractivity contribution < 1.29 is 67.2 Å². The predicted octanol–water partition coefficient (Wildman–Crippen LogP) is -0.485. The molecule has 1 aromatic rings. The average molecular weight is 969 g/mol. The lowest BCUT2D eigenvalue weighted by molar-refractivity contribution is -0.141. The first-order valence-electron chi connectivity index (χ1n) is 22.0. The molecule has 0 radical (unpaired) electrons. The number of thiol groups is 1. The van der Waals surface area contributed by atoms with Gasteiger partial charge in [-0.25, -0.2) is 10.7 Å². The predicted molar refractivity (Wildman–Crippen MR) is 250 cm³/mol. The summed E-state index contributed by atoms with van der Waals surface area (Å²) in [4.78, 5) is 89.1. The van der Waals surface area contributed by atoms with E-state index in [1.165, 1.54) is 6.92 Å². The highest BCUT2D eigenvalue weighted by Gasteiger charge is 2.26. The number of carbonyl (C=O) groups is 7. The first-order valence-corrected chi connectivity index (χ1v) is 22.6. The van der Waals surface area contributed by atoms with Crippen molar-refractivity contribution in [3.63, 3.8) is 0 Å². The second-order valence-electron chi connectivity index (χ2n) is 15.2. The lowest BCUT2D eigenvalue weighted by Crippen LogP contribution is -2.54. The second kappa shape index (κ2) is 36.9. The molecule has 67 heavy (non-hydrogen) atoms. The number of carboxylic acids is 1. The van der Waals surface area contributed by atoms with Gasteiger partial charge in [-0.3, -0.25) is 33.6 Å². The Kier molecular flexibility index (Phi) is 33.0. The van der Waals surface area contributed by atoms with E-state index in [0.717, 1.165) is 17.6 Å². The number of benzene rings is 1. The Balaban J connectivity index is 2.28. The fraction of sp³-hybridized carbons (Fsp3) is 0.614. The van der Waals surface area contributed by atoms with E-state index < -0.39 is 59.7 Å². The van der Waals surface area contributed by atoms with Gasteiger partial charge in [-0.05, 0) is 45.1 Å². The Bertz CT molecular complexity index is 1690. The number of urea groups is 1. The number of aliphatic carboxylic acids is 1. The molecule has 0 fully saturated rings. The van der Waals surface area contributed by atoms with E-state index in [9.17, 15) is 38.7 Å². The minimum atomic E-state index is -1.06. The minimum absolute atomic E-state index is 0.0368. The normalized spacial score (nSPS) is 14.2. The van der Waals surface area contributed by atoms with Crippen LogP contribution in [-0.2, 0) is 63.7 Å². The van der Waals surface area contributed by atoms with Crippen LogP contribution >= 0.6 is 12.6 Å². The number of nitrogens with two attached hydrogens (primary N) is 2. The number of nitrogens with one attached hydrogen (secondary N) is 6. The van der Waals surface area contributed by atoms with Crippen LogP contribution < -0.4 is 43.5 Å². The number of rotatable bonds is 38. The smallest absolute Gasteiger partial charge is 0.315 e. The molecule has 6 atom stereocenters. The molecule has 0 heterocycles. The lowest BCUT2D eigenvalue weighted by atomic mass is 9.95. The van der Waals surface area contributed by atoms with Crippen LogP contribution in [0.15, 0.2) is 54.1 Å². The molecule has 0 saturated heterocycles. The Morgan fingerprint density at radius 3 is 1.94 bits per heavy atom. The van der Waals surface area contributed by atoms with Gasteiger partial charge < -0.3 is 66.4 Å². The standard InChI is InChI=1S/C44H72N8O14S/c1-30(24-31(2)37(61-4)25-33-10-6-5-7-11-33)13-14-34(32(3)43(58)59)52-44(60)49-17-19-63-20-22-64-26-38(53)48-16-18-62-21-23-65-27-40(55)50-35(42(57)51-36(29-67)41(45)56)12-8-9-15-47-39(54)28-66-46/h5-7,10-11,13-14,24,31-32,34-37,67H,8-9,12,15-23,25-29,46H2,1-4H3,(H2,45,56)(H,47,54)(H,48,53)(H,50,55)(H,51,57)(H,58,59)(H2,49,52,60)/b14-13+,30-24+/t31-,32-,34-,35-,36-,37-/m0/s1. The van der Waals surface area contributed by atoms with E-state index in [1.54, 1.807) is 19.3 Å². The summed E-state index contributed by atoms with van der Waals surface area (Å²) in [7, 11) is 1.68. The Labute approximate surface area is 398 Å². The van der Waals surface area contributed by atoms with Gasteiger partial charge in [0.1, 0.15) is 31.9 Å². The third kappa shape index (κ3) is 29.3. The van der Waals surface area contributed by atoms with Gasteiger partial charge >= 0.3 is 12.0 Å². The van der Waals surface area contributed by atoms with Gasteiger partial charge in [-0.2, -0.15) is 12.6 Å². The first-order chi connectivity index (χ1) is 32.1. The number of hydrogen-bond acceptors (Lipinski definition) is 15. The molecule has 1 aromatic carbocycles. The third-order valence-corrected chi connectivity index (χ3v) is 10.1. The topological polar surface area (TPSA) is 319 Å². The van der Waals surface area contributed by atoms with Crippen molar-refractivity contribution in [1.82, 2.24) is 31.9 Å². The van der Waals surface area contributed by atoms with E-state index >= 15 is 0 Å². The van der Waals surface area contributed by atoms with Crippen molar-refractivity contribution in [1.29, 1.82) is 0 Å². The van der Waals surface area contributed by atoms with E-state index in [-0.39, 0.29) is 103 Å². The number of carboxylic acid groups (broad SMARTS) is 1. The highest BCUT2D eigenvalue weighted by atomic mass is 32.1. The summed E-state index contributed by atoms with van der Waals surface area (Å²) in [6.45, 7) is 5.95. The maximum atomic E-state index is 12.8. The minimum Gasteiger partial charge on any atom is -0.481 e. The largest absolute Gasteiger partial charge is 0.481 e. The van der Waals surface area contributed by atoms with Crippen LogP contribution in [0.25, 0.3) is 0 Å². The summed E-state index contributed by atoms with van der Waals surface area (Å²) in [6, 6.07) is 6.65. The van der Waals surface area contributed by atoms with Crippen molar-refractivity contribution in [2.75, 3.05) is 92.0 Å². The Hall–Kier alpha value is -5.14. The zero-order valence-corrected chi connectivity index (χ0v) is 39.9. The third-order valence-electron chi connectivity index (χ3n) is 9.75. The van der Waals surface area contributed by atoms with Gasteiger partial charge in [0.05, 0.1) is 57.7 Å². The summed E-state index contributed by atoms with van der Waals surface area (Å²) in [5.41, 5.74) is 7.35. The van der Waals surface area contributed by atoms with Gasteiger partial charge in [0.15, 0.2) is 0 Å². The fourth-order valence-electron chi connectivity index (χ4n) is 5.99. The monoisotopic (exact) mass is 968 g/mol. The van der Waals surface area contributed by atoms with Crippen LogP contribution in [0.4, 0.5) is 4.79 Å². The van der Waals surface area contributed by atoms with Crippen molar-refractivity contribution in [2.45, 2.75) is 70.7 Å². The van der Waals surface area contributed by atoms with Crippen molar-refractivity contribution in [2.24, 2.45) is 23.5 Å². The van der Waals surface area contributed by atoms with E-state index in [1.807, 2.05) is 25.1 Å². The zero-order valence-electron chi connectivity index (χ0n) is 39.0. The van der Waals surface area contributed by atoms with Crippen LogP contribution in [0.2, 0.25) is 0 Å². The van der Waals surface area contributed by atoms with Gasteiger partial charge in [0.25, 0.3) is 0 Å². The number of allylic oxidation sites excluding steroid dienone is 2. The van der Waals surface area contributed by atoms with E-state index in [0.29, 0.717) is 19.4 Å². The number of primary amides is 1. The number of ether oxygens (including phenoxy) is 5. The Morgan fingerprint density at radius 1 is 0.746 bits per heavy atom. The number of amides is 7. The number of unbranched alkanes of at least 4 members (excludes halogenated alkanes) is 1. The summed E-state index contributed by atoms with van der Waals surface area (Å²) < 4.78 is 27.2. The molecule has 0 aromatic heterocycles. The fourth-order valence-corrected chi connectivity index (χ4v) is 6.26. The van der Waals surface area contributed by atoms with E-state index in [2.05, 4.69) is 74.5 Å². The molecule has 11 N–H and O–H groups in total. The Morgan fingerprint density at radius 2 is 1.34 bits per heavy atom. The highest BCUT2D eigenvalue weighted by molar-refractivity contribution is 7.80. The van der Waals surface area contributed by atoms with Crippen LogP contribution in [0.5, 0.6) is 0 Å². The van der Waals surface area contributed by atoms with Gasteiger partial charge in [-0.1, -0.05) is 61.1 Å². The maximum absolute atomic E-state index is 12.8. The summed E-state index contributed by atoms with van der Waals surface area (Å²) in [5, 5.41) is 25.2. The maximum Gasteiger partial charge on any atom is 0.315 e. The first kappa shape index (κ1) is 59.9. The quantitative estimate of drug-likeness (QED) is 0.0173. The molecule has 0 unspecified atom stereocenters. The van der Waals surface area contributed by atoms with E-state index in [4.69, 9.17) is 35.3 Å². The number of hydrogen-bond donors (Lipinski definition) is 10. The molecule has 22 nitrogen and oxygen atoms in total. The average Bonchev–Trinajstić information content (AvgIpc) is 3.29. The molecule has 0 aliphatic rings. The molecule has 0 spiro atoms. The van der Waals surface area contributed by atoms with Crippen LogP contribution in [0, 0.1) is 11.8 Å². The zero-order chi connectivity index (χ0) is 49.8. The molecule has 0 bridgehead atoms. The molecule has 23 heteroatoms. The van der Waals surface area contributed by atoms with Crippen molar-refractivity contribution in [3.8, 4) is 0 Å². The molecule has 0 aliphatic heterocycles. The molecular formula is C44H72N8O14S. The van der Waals surface area contributed by atoms with Crippen molar-refractivity contribution in [3.05, 3.63) is 59.7 Å². The van der Waals surface area contributed by atoms with Crippen molar-refractivity contribution >= 4 is 54.2 Å². The van der Waals surface area contributed by atoms with Gasteiger partial charge in [0.2, 0.25) is 29.5 Å². The molecule has 7 amide bonds. The van der Waals surface area contributed by atoms with Gasteiger partial charge in [0, 0.05) is 38.4 Å². The molecule has 0 saturated carbocycles. The molecule has 0 aliphatic carbocycles. The second-order valence-corrected chi connectivity index (χ2v) is 15.6. The molecule has 1 rings (SSSR count). The summed E-state index contributed by atoms with van der Waals surface area (Å²) in [5.74, 6) is 0.165. The van der Waals surface area contributed by atoms with Crippen LogP contribution in [0.1, 0.15) is 45.6 Å². The highest BCUT2D eigenvalue weighted by Crippen LogP contribution is 2.17. The summed E-state index contributed by atoms with van der Waals surface area (Å²) in [6.07, 6.45) is 7.29. The van der Waals surface area contributed by atoms with Gasteiger partial charge in [-0.15, -0.1) is 0 Å². The SMILES string of the molecule is CO[C@@H](Cc1ccccc1)[C@@H](C)/C=C(C)/C=C/[C@H](NC(=O)NCCOCCOCC(=O)NCCOCCOCC(=O)N[C@@H](CCCCNC(=O)CON)C(=O)N[C@@H](CS)C(N)=O)[C@H](C)C(=O)O.